The summed E-state index contributed by atoms with van der Waals surface area (Å²) >= 11 is 13.7. The minimum absolute atomic E-state index is 0.269. The van der Waals surface area contributed by atoms with Crippen molar-refractivity contribution in [3.8, 4) is 0 Å². The molecule has 6 heteroatoms. The third-order valence-corrected chi connectivity index (χ3v) is 4.53. The van der Waals surface area contributed by atoms with Gasteiger partial charge >= 0.3 is 0 Å². The summed E-state index contributed by atoms with van der Waals surface area (Å²) in [5.74, 6) is 0.593. The van der Waals surface area contributed by atoms with Gasteiger partial charge < -0.3 is 10.6 Å². The van der Waals surface area contributed by atoms with Crippen molar-refractivity contribution in [2.45, 2.75) is 24.8 Å². The van der Waals surface area contributed by atoms with E-state index >= 15 is 0 Å². The number of carbonyl (C=O) groups is 1. The Morgan fingerprint density at radius 2 is 2.11 bits per heavy atom. The SMILES string of the molecule is CC(C)[NH+](CCSc1cc(Cl)ccc1Cl)CC(N)=O. The van der Waals surface area contributed by atoms with Gasteiger partial charge in [-0.3, -0.25) is 4.79 Å². The molecule has 0 radical (unpaired) electrons. The van der Waals surface area contributed by atoms with Crippen LogP contribution in [0, 0.1) is 0 Å². The van der Waals surface area contributed by atoms with Crippen molar-refractivity contribution in [2.75, 3.05) is 18.8 Å². The molecule has 1 rings (SSSR count). The predicted molar refractivity (Wildman–Crippen MR) is 82.2 cm³/mol. The molecule has 0 aromatic heterocycles. The van der Waals surface area contributed by atoms with Gasteiger partial charge in [0.2, 0.25) is 0 Å². The van der Waals surface area contributed by atoms with Crippen LogP contribution in [0.1, 0.15) is 13.8 Å². The third kappa shape index (κ3) is 6.04. The molecule has 3 nitrogen and oxygen atoms in total. The number of amides is 1. The zero-order valence-electron chi connectivity index (χ0n) is 11.1. The van der Waals surface area contributed by atoms with E-state index in [1.807, 2.05) is 6.07 Å². The van der Waals surface area contributed by atoms with Gasteiger partial charge in [0.1, 0.15) is 0 Å². The summed E-state index contributed by atoms with van der Waals surface area (Å²) in [6, 6.07) is 5.79. The summed E-state index contributed by atoms with van der Waals surface area (Å²) in [5, 5.41) is 1.38. The highest BCUT2D eigenvalue weighted by atomic mass is 35.5. The maximum absolute atomic E-state index is 11.0. The van der Waals surface area contributed by atoms with Gasteiger partial charge in [0.15, 0.2) is 6.54 Å². The topological polar surface area (TPSA) is 47.5 Å². The normalized spacial score (nSPS) is 12.7. The lowest BCUT2D eigenvalue weighted by atomic mass is 10.3. The number of hydrogen-bond donors (Lipinski definition) is 2. The maximum atomic E-state index is 11.0. The van der Waals surface area contributed by atoms with Crippen LogP contribution in [0.4, 0.5) is 0 Å². The highest BCUT2D eigenvalue weighted by Crippen LogP contribution is 2.29. The smallest absolute Gasteiger partial charge is 0.272 e. The van der Waals surface area contributed by atoms with Crippen LogP contribution in [-0.4, -0.2) is 30.8 Å². The highest BCUT2D eigenvalue weighted by molar-refractivity contribution is 7.99. The first-order valence-corrected chi connectivity index (χ1v) is 7.85. The molecule has 1 unspecified atom stereocenters. The summed E-state index contributed by atoms with van der Waals surface area (Å²) in [5.41, 5.74) is 5.25. The molecule has 19 heavy (non-hydrogen) atoms. The molecule has 0 saturated heterocycles. The van der Waals surface area contributed by atoms with Crippen molar-refractivity contribution in [1.82, 2.24) is 0 Å². The Kier molecular flexibility index (Phi) is 7.00. The molecule has 0 spiro atoms. The van der Waals surface area contributed by atoms with Gasteiger partial charge in [-0.05, 0) is 32.0 Å². The summed E-state index contributed by atoms with van der Waals surface area (Å²) in [6.07, 6.45) is 0. The van der Waals surface area contributed by atoms with Crippen molar-refractivity contribution < 1.29 is 9.69 Å². The van der Waals surface area contributed by atoms with Gasteiger partial charge in [0.25, 0.3) is 5.91 Å². The van der Waals surface area contributed by atoms with Gasteiger partial charge in [-0.1, -0.05) is 23.2 Å². The maximum Gasteiger partial charge on any atom is 0.272 e. The lowest BCUT2D eigenvalue weighted by Gasteiger charge is -2.21. The Morgan fingerprint density at radius 1 is 1.42 bits per heavy atom. The Balaban J connectivity index is 2.51. The zero-order valence-corrected chi connectivity index (χ0v) is 13.4. The minimum atomic E-state index is -0.269. The second kappa shape index (κ2) is 8.00. The standard InChI is InChI=1S/C13H18Cl2N2OS/c1-9(2)17(8-13(16)18)5-6-19-12-7-10(14)3-4-11(12)15/h3-4,7,9H,5-6,8H2,1-2H3,(H2,16,18)/p+1. The summed E-state index contributed by atoms with van der Waals surface area (Å²) in [4.78, 5) is 13.1. The number of nitrogens with two attached hydrogens (primary N) is 1. The highest BCUT2D eigenvalue weighted by Gasteiger charge is 2.15. The van der Waals surface area contributed by atoms with E-state index in [1.165, 1.54) is 4.90 Å². The van der Waals surface area contributed by atoms with Crippen LogP contribution < -0.4 is 10.6 Å². The van der Waals surface area contributed by atoms with Crippen LogP contribution >= 0.6 is 35.0 Å². The summed E-state index contributed by atoms with van der Waals surface area (Å²) in [6.45, 7) is 5.38. The molecule has 1 aromatic rings. The van der Waals surface area contributed by atoms with Crippen molar-refractivity contribution in [1.29, 1.82) is 0 Å². The average Bonchev–Trinajstić information content (AvgIpc) is 2.31. The number of halogens is 2. The number of quaternary nitrogens is 1. The number of nitrogens with one attached hydrogen (secondary N) is 1. The Bertz CT molecular complexity index is 441. The van der Waals surface area contributed by atoms with Crippen LogP contribution in [-0.2, 0) is 4.79 Å². The second-order valence-corrected chi connectivity index (χ2v) is 6.61. The molecular weight excluding hydrogens is 303 g/mol. The van der Waals surface area contributed by atoms with Gasteiger partial charge in [-0.25, -0.2) is 0 Å². The molecule has 0 heterocycles. The van der Waals surface area contributed by atoms with Gasteiger partial charge in [0.05, 0.1) is 17.6 Å². The number of thioether (sulfide) groups is 1. The summed E-state index contributed by atoms with van der Waals surface area (Å²) < 4.78 is 0. The zero-order chi connectivity index (χ0) is 14.4. The first-order chi connectivity index (χ1) is 8.90. The van der Waals surface area contributed by atoms with E-state index in [4.69, 9.17) is 28.9 Å². The Hall–Kier alpha value is -0.420. The van der Waals surface area contributed by atoms with Crippen LogP contribution in [0.5, 0.6) is 0 Å². The van der Waals surface area contributed by atoms with Crippen molar-refractivity contribution in [3.63, 3.8) is 0 Å². The van der Waals surface area contributed by atoms with Crippen molar-refractivity contribution >= 4 is 40.9 Å². The van der Waals surface area contributed by atoms with E-state index in [9.17, 15) is 4.79 Å². The fraction of sp³-hybridized carbons (Fsp3) is 0.462. The molecule has 1 aromatic carbocycles. The molecule has 0 aliphatic carbocycles. The van der Waals surface area contributed by atoms with Crippen LogP contribution in [0.25, 0.3) is 0 Å². The van der Waals surface area contributed by atoms with E-state index in [0.29, 0.717) is 22.6 Å². The van der Waals surface area contributed by atoms with Gasteiger partial charge in [-0.15, -0.1) is 11.8 Å². The second-order valence-electron chi connectivity index (χ2n) is 4.63. The predicted octanol–water partition coefficient (Wildman–Crippen LogP) is 1.86. The van der Waals surface area contributed by atoms with Gasteiger partial charge in [0, 0.05) is 15.7 Å². The van der Waals surface area contributed by atoms with E-state index in [-0.39, 0.29) is 5.91 Å². The number of benzene rings is 1. The fourth-order valence-corrected chi connectivity index (χ4v) is 3.20. The lowest BCUT2D eigenvalue weighted by Crippen LogP contribution is -3.16. The average molecular weight is 322 g/mol. The van der Waals surface area contributed by atoms with Crippen LogP contribution in [0.2, 0.25) is 10.0 Å². The first kappa shape index (κ1) is 16.6. The van der Waals surface area contributed by atoms with E-state index < -0.39 is 0 Å². The monoisotopic (exact) mass is 321 g/mol. The number of hydrogen-bond acceptors (Lipinski definition) is 2. The quantitative estimate of drug-likeness (QED) is 0.753. The summed E-state index contributed by atoms with van der Waals surface area (Å²) in [7, 11) is 0. The molecule has 0 fully saturated rings. The molecule has 106 valence electrons. The molecule has 0 aliphatic heterocycles. The van der Waals surface area contributed by atoms with Crippen LogP contribution in [0.3, 0.4) is 0 Å². The lowest BCUT2D eigenvalue weighted by molar-refractivity contribution is -0.911. The van der Waals surface area contributed by atoms with E-state index in [0.717, 1.165) is 17.2 Å². The fourth-order valence-electron chi connectivity index (χ4n) is 1.68. The van der Waals surface area contributed by atoms with Gasteiger partial charge in [-0.2, -0.15) is 0 Å². The first-order valence-electron chi connectivity index (χ1n) is 6.11. The Labute approximate surface area is 128 Å². The van der Waals surface area contributed by atoms with Crippen molar-refractivity contribution in [2.24, 2.45) is 5.73 Å². The molecule has 1 atom stereocenters. The third-order valence-electron chi connectivity index (χ3n) is 2.79. The van der Waals surface area contributed by atoms with E-state index in [2.05, 4.69) is 13.8 Å². The number of rotatable bonds is 7. The molecule has 3 N–H and O–H groups in total. The molecule has 0 aliphatic rings. The minimum Gasteiger partial charge on any atom is -0.365 e. The Morgan fingerprint density at radius 3 is 2.68 bits per heavy atom. The molecule has 1 amide bonds. The molecule has 0 bridgehead atoms. The largest absolute Gasteiger partial charge is 0.365 e. The van der Waals surface area contributed by atoms with Crippen molar-refractivity contribution in [3.05, 3.63) is 28.2 Å². The van der Waals surface area contributed by atoms with E-state index in [1.54, 1.807) is 23.9 Å². The number of carbonyl (C=O) groups excluding carboxylic acids is 1. The van der Waals surface area contributed by atoms with Crippen LogP contribution in [0.15, 0.2) is 23.1 Å². The molecule has 0 saturated carbocycles. The molecular formula is C13H19Cl2N2OS+. The number of primary amides is 1.